The molecule has 1 heterocycles. The first-order chi connectivity index (χ1) is 5.09. The minimum absolute atomic E-state index is 0.0427. The Balaban J connectivity index is 2.63. The molecule has 1 rings (SSSR count). The van der Waals surface area contributed by atoms with E-state index in [1.54, 1.807) is 0 Å². The highest BCUT2D eigenvalue weighted by Crippen LogP contribution is 1.98. The lowest BCUT2D eigenvalue weighted by molar-refractivity contribution is -0.126. The van der Waals surface area contributed by atoms with Crippen LogP contribution < -0.4 is 10.6 Å². The first-order valence-corrected chi connectivity index (χ1v) is 3.20. The summed E-state index contributed by atoms with van der Waals surface area (Å²) in [4.78, 5) is 32.0. The minimum Gasteiger partial charge on any atom is -0.327 e. The van der Waals surface area contributed by atoms with Crippen LogP contribution in [0.3, 0.4) is 0 Å². The lowest BCUT2D eigenvalue weighted by Gasteiger charge is -2.20. The fourth-order valence-electron chi connectivity index (χ4n) is 0.854. The second-order valence-electron chi connectivity index (χ2n) is 2.39. The maximum atomic E-state index is 10.7. The molecule has 3 amide bonds. The van der Waals surface area contributed by atoms with Crippen molar-refractivity contribution in [3.63, 3.8) is 0 Å². The van der Waals surface area contributed by atoms with Crippen molar-refractivity contribution < 1.29 is 14.4 Å². The molecule has 0 aromatic rings. The van der Waals surface area contributed by atoms with E-state index in [0.29, 0.717) is 0 Å². The minimum atomic E-state index is -0.642. The van der Waals surface area contributed by atoms with Gasteiger partial charge in [0.2, 0.25) is 5.91 Å². The summed E-state index contributed by atoms with van der Waals surface area (Å²) in [7, 11) is 0. The number of hydrogen-bond acceptors (Lipinski definition) is 3. The van der Waals surface area contributed by atoms with Gasteiger partial charge in [0.15, 0.2) is 5.78 Å². The highest BCUT2D eigenvalue weighted by molar-refractivity contribution is 6.02. The monoisotopic (exact) mass is 156 g/mol. The van der Waals surface area contributed by atoms with Gasteiger partial charge in [-0.3, -0.25) is 14.9 Å². The highest BCUT2D eigenvalue weighted by Gasteiger charge is 2.26. The van der Waals surface area contributed by atoms with E-state index in [9.17, 15) is 14.4 Å². The Morgan fingerprint density at radius 3 is 2.64 bits per heavy atom. The number of Topliss-reactive ketones (excluding diaryl/α,β-unsaturated/α-hetero) is 1. The molecule has 1 aliphatic rings. The van der Waals surface area contributed by atoms with Crippen molar-refractivity contribution in [1.29, 1.82) is 0 Å². The molecule has 0 radical (unpaired) electrons. The smallest absolute Gasteiger partial charge is 0.322 e. The van der Waals surface area contributed by atoms with Gasteiger partial charge in [0, 0.05) is 0 Å². The molecule has 5 nitrogen and oxygen atoms in total. The van der Waals surface area contributed by atoms with Crippen molar-refractivity contribution in [3.8, 4) is 0 Å². The van der Waals surface area contributed by atoms with Gasteiger partial charge in [-0.05, 0) is 6.92 Å². The third kappa shape index (κ3) is 1.76. The van der Waals surface area contributed by atoms with E-state index in [2.05, 4.69) is 5.32 Å². The molecule has 0 spiro atoms. The van der Waals surface area contributed by atoms with Gasteiger partial charge in [0.25, 0.3) is 0 Å². The van der Waals surface area contributed by atoms with E-state index in [1.807, 2.05) is 5.32 Å². The first-order valence-electron chi connectivity index (χ1n) is 3.20. The Morgan fingerprint density at radius 2 is 2.18 bits per heavy atom. The fourth-order valence-corrected chi connectivity index (χ4v) is 0.854. The first kappa shape index (κ1) is 7.71. The third-order valence-electron chi connectivity index (χ3n) is 1.44. The number of amides is 3. The van der Waals surface area contributed by atoms with Crippen LogP contribution >= 0.6 is 0 Å². The van der Waals surface area contributed by atoms with Gasteiger partial charge in [-0.15, -0.1) is 0 Å². The lowest BCUT2D eigenvalue weighted by Crippen LogP contribution is -2.54. The molecule has 0 aliphatic carbocycles. The Hall–Kier alpha value is -1.39. The molecule has 1 aliphatic heterocycles. The molecule has 11 heavy (non-hydrogen) atoms. The van der Waals surface area contributed by atoms with Gasteiger partial charge in [0.1, 0.15) is 0 Å². The van der Waals surface area contributed by atoms with E-state index in [0.717, 1.165) is 0 Å². The third-order valence-corrected chi connectivity index (χ3v) is 1.44. The number of carbonyl (C=O) groups excluding carboxylic acids is 3. The number of imide groups is 1. The summed E-state index contributed by atoms with van der Waals surface area (Å²) in [6.07, 6.45) is 0.0427. The maximum Gasteiger partial charge on any atom is 0.322 e. The van der Waals surface area contributed by atoms with Crippen molar-refractivity contribution in [2.24, 2.45) is 0 Å². The average Bonchev–Trinajstić information content (AvgIpc) is 1.85. The molecule has 1 saturated heterocycles. The lowest BCUT2D eigenvalue weighted by atomic mass is 10.1. The second-order valence-corrected chi connectivity index (χ2v) is 2.39. The molecule has 5 heteroatoms. The molecular formula is C6H8N2O3. The van der Waals surface area contributed by atoms with E-state index in [-0.39, 0.29) is 12.2 Å². The summed E-state index contributed by atoms with van der Waals surface area (Å²) in [5, 5.41) is 4.35. The van der Waals surface area contributed by atoms with Crippen LogP contribution in [0, 0.1) is 0 Å². The zero-order valence-electron chi connectivity index (χ0n) is 6.01. The maximum absolute atomic E-state index is 10.7. The van der Waals surface area contributed by atoms with Crippen molar-refractivity contribution in [2.75, 3.05) is 0 Å². The van der Waals surface area contributed by atoms with Crippen LogP contribution in [0.5, 0.6) is 0 Å². The van der Waals surface area contributed by atoms with Gasteiger partial charge in [-0.2, -0.15) is 0 Å². The van der Waals surface area contributed by atoms with Crippen molar-refractivity contribution >= 4 is 17.7 Å². The zero-order valence-corrected chi connectivity index (χ0v) is 6.01. The molecule has 1 fully saturated rings. The van der Waals surface area contributed by atoms with E-state index < -0.39 is 18.0 Å². The van der Waals surface area contributed by atoms with E-state index >= 15 is 0 Å². The molecule has 2 N–H and O–H groups in total. The summed E-state index contributed by atoms with van der Waals surface area (Å²) in [6.45, 7) is 1.34. The predicted octanol–water partition coefficient (Wildman–Crippen LogP) is -0.827. The largest absolute Gasteiger partial charge is 0.327 e. The van der Waals surface area contributed by atoms with Gasteiger partial charge in [-0.25, -0.2) is 4.79 Å². The van der Waals surface area contributed by atoms with Crippen molar-refractivity contribution in [2.45, 2.75) is 19.4 Å². The molecule has 0 aromatic heterocycles. The second kappa shape index (κ2) is 2.69. The Morgan fingerprint density at radius 1 is 1.55 bits per heavy atom. The summed E-state index contributed by atoms with van der Waals surface area (Å²) in [5.74, 6) is -0.609. The van der Waals surface area contributed by atoms with Crippen LogP contribution in [-0.2, 0) is 9.59 Å². The topological polar surface area (TPSA) is 75.3 Å². The molecule has 0 bridgehead atoms. The van der Waals surface area contributed by atoms with Gasteiger partial charge in [-0.1, -0.05) is 0 Å². The van der Waals surface area contributed by atoms with Crippen LogP contribution in [-0.4, -0.2) is 23.8 Å². The van der Waals surface area contributed by atoms with Crippen LogP contribution in [0.1, 0.15) is 13.3 Å². The number of carbonyl (C=O) groups is 3. The molecule has 0 aromatic carbocycles. The number of hydrogen-bond donors (Lipinski definition) is 2. The summed E-state index contributed by atoms with van der Waals surface area (Å²) < 4.78 is 0. The number of rotatable bonds is 1. The summed E-state index contributed by atoms with van der Waals surface area (Å²) >= 11 is 0. The number of nitrogens with one attached hydrogen (secondary N) is 2. The zero-order chi connectivity index (χ0) is 8.43. The Labute approximate surface area is 63.1 Å². The molecule has 60 valence electrons. The number of urea groups is 1. The predicted molar refractivity (Wildman–Crippen MR) is 35.8 cm³/mol. The van der Waals surface area contributed by atoms with Crippen molar-refractivity contribution in [3.05, 3.63) is 0 Å². The SMILES string of the molecule is CC(=O)[C@@H]1CC(=O)NC(=O)N1. The molecule has 0 saturated carbocycles. The van der Waals surface area contributed by atoms with Gasteiger partial charge in [0.05, 0.1) is 12.5 Å². The van der Waals surface area contributed by atoms with Gasteiger partial charge >= 0.3 is 6.03 Å². The van der Waals surface area contributed by atoms with Crippen LogP contribution in [0.2, 0.25) is 0 Å². The summed E-state index contributed by atoms with van der Waals surface area (Å²) in [6, 6.07) is -1.24. The average molecular weight is 156 g/mol. The quantitative estimate of drug-likeness (QED) is 0.520. The van der Waals surface area contributed by atoms with E-state index in [1.165, 1.54) is 6.92 Å². The molecule has 0 unspecified atom stereocenters. The van der Waals surface area contributed by atoms with Crippen LogP contribution in [0.15, 0.2) is 0 Å². The standard InChI is InChI=1S/C6H8N2O3/c1-3(9)4-2-5(10)8-6(11)7-4/h4H,2H2,1H3,(H2,7,8,10,11)/t4-/m0/s1. The Kier molecular flexibility index (Phi) is 1.89. The van der Waals surface area contributed by atoms with Crippen LogP contribution in [0.25, 0.3) is 0 Å². The normalized spacial score (nSPS) is 23.9. The molecular weight excluding hydrogens is 148 g/mol. The van der Waals surface area contributed by atoms with E-state index in [4.69, 9.17) is 0 Å². The van der Waals surface area contributed by atoms with Crippen molar-refractivity contribution in [1.82, 2.24) is 10.6 Å². The summed E-state index contributed by atoms with van der Waals surface area (Å²) in [5.41, 5.74) is 0. The fraction of sp³-hybridized carbons (Fsp3) is 0.500. The van der Waals surface area contributed by atoms with Crippen LogP contribution in [0.4, 0.5) is 4.79 Å². The molecule has 1 atom stereocenters. The Bertz CT molecular complexity index is 208. The highest BCUT2D eigenvalue weighted by atomic mass is 16.2. The van der Waals surface area contributed by atoms with Gasteiger partial charge < -0.3 is 5.32 Å². The number of ketones is 1.